The lowest BCUT2D eigenvalue weighted by Gasteiger charge is -2.03. The van der Waals surface area contributed by atoms with E-state index in [1.165, 1.54) is 13.5 Å². The second-order valence-electron chi connectivity index (χ2n) is 3.33. The molecule has 0 aliphatic carbocycles. The Labute approximate surface area is 96.8 Å². The van der Waals surface area contributed by atoms with Gasteiger partial charge in [0.25, 0.3) is 5.91 Å². The van der Waals surface area contributed by atoms with Crippen molar-refractivity contribution in [2.24, 2.45) is 5.73 Å². The van der Waals surface area contributed by atoms with Crippen molar-refractivity contribution in [2.75, 3.05) is 7.11 Å². The highest BCUT2D eigenvalue weighted by molar-refractivity contribution is 5.91. The van der Waals surface area contributed by atoms with Gasteiger partial charge >= 0.3 is 0 Å². The third-order valence-electron chi connectivity index (χ3n) is 1.73. The quantitative estimate of drug-likeness (QED) is 0.855. The Bertz CT molecular complexity index is 316. The van der Waals surface area contributed by atoms with Gasteiger partial charge in [-0.2, -0.15) is 0 Å². The molecule has 1 aromatic heterocycles. The molecule has 2 N–H and O–H groups in total. The largest absolute Gasteiger partial charge is 0.481 e. The Balaban J connectivity index is 0.000000673. The molecule has 4 heteroatoms. The van der Waals surface area contributed by atoms with Crippen LogP contribution in [-0.4, -0.2) is 18.0 Å². The number of nitrogens with two attached hydrogens (primary N) is 1. The van der Waals surface area contributed by atoms with E-state index in [-0.39, 0.29) is 5.69 Å². The molecule has 0 aromatic carbocycles. The van der Waals surface area contributed by atoms with E-state index in [0.717, 1.165) is 12.0 Å². The summed E-state index contributed by atoms with van der Waals surface area (Å²) < 4.78 is 4.93. The number of carbonyl (C=O) groups is 1. The molecule has 0 fully saturated rings. The standard InChI is InChI=1S/C9H12N2O2.C3H8/c1-3-6-4-7(9(10)12)11-8(5-6)13-2;1-3-2/h4-5H,3H2,1-2H3,(H2,10,12);3H2,1-2H3. The van der Waals surface area contributed by atoms with Gasteiger partial charge < -0.3 is 10.5 Å². The minimum Gasteiger partial charge on any atom is -0.481 e. The monoisotopic (exact) mass is 224 g/mol. The summed E-state index contributed by atoms with van der Waals surface area (Å²) in [5.74, 6) is -0.109. The molecule has 0 spiro atoms. The van der Waals surface area contributed by atoms with E-state index in [4.69, 9.17) is 10.5 Å². The lowest BCUT2D eigenvalue weighted by atomic mass is 10.2. The van der Waals surface area contributed by atoms with Crippen molar-refractivity contribution in [2.45, 2.75) is 33.6 Å². The van der Waals surface area contributed by atoms with Gasteiger partial charge in [-0.25, -0.2) is 4.98 Å². The topological polar surface area (TPSA) is 65.2 Å². The lowest BCUT2D eigenvalue weighted by Crippen LogP contribution is -2.13. The number of amides is 1. The first-order chi connectivity index (χ1) is 7.58. The highest BCUT2D eigenvalue weighted by Crippen LogP contribution is 2.12. The maximum absolute atomic E-state index is 10.8. The van der Waals surface area contributed by atoms with Crippen molar-refractivity contribution < 1.29 is 9.53 Å². The summed E-state index contributed by atoms with van der Waals surface area (Å²) >= 11 is 0. The lowest BCUT2D eigenvalue weighted by molar-refractivity contribution is 0.0994. The number of aryl methyl sites for hydroxylation is 1. The van der Waals surface area contributed by atoms with Crippen LogP contribution in [0.3, 0.4) is 0 Å². The van der Waals surface area contributed by atoms with E-state index in [1.807, 2.05) is 6.92 Å². The fraction of sp³-hybridized carbons (Fsp3) is 0.500. The number of pyridine rings is 1. The maximum atomic E-state index is 10.8. The van der Waals surface area contributed by atoms with Gasteiger partial charge in [-0.3, -0.25) is 4.79 Å². The SMILES string of the molecule is CCC.CCc1cc(OC)nc(C(N)=O)c1. The van der Waals surface area contributed by atoms with Gasteiger partial charge in [0, 0.05) is 6.07 Å². The zero-order chi connectivity index (χ0) is 12.6. The Morgan fingerprint density at radius 1 is 1.38 bits per heavy atom. The predicted octanol–water partition coefficient (Wildman–Crippen LogP) is 2.17. The molecule has 0 aliphatic heterocycles. The third-order valence-corrected chi connectivity index (χ3v) is 1.73. The van der Waals surface area contributed by atoms with Gasteiger partial charge in [0.15, 0.2) is 0 Å². The number of ether oxygens (including phenoxy) is 1. The maximum Gasteiger partial charge on any atom is 0.267 e. The number of rotatable bonds is 3. The Morgan fingerprint density at radius 2 is 1.94 bits per heavy atom. The van der Waals surface area contributed by atoms with Gasteiger partial charge in [0.1, 0.15) is 5.69 Å². The van der Waals surface area contributed by atoms with Crippen molar-refractivity contribution in [3.05, 3.63) is 23.4 Å². The molecule has 90 valence electrons. The molecule has 0 unspecified atom stereocenters. The molecule has 0 saturated heterocycles. The molecule has 1 heterocycles. The van der Waals surface area contributed by atoms with Crippen LogP contribution in [0.2, 0.25) is 0 Å². The van der Waals surface area contributed by atoms with Crippen molar-refractivity contribution in [3.8, 4) is 5.88 Å². The summed E-state index contributed by atoms with van der Waals surface area (Å²) in [6, 6.07) is 3.46. The van der Waals surface area contributed by atoms with Gasteiger partial charge in [-0.1, -0.05) is 27.2 Å². The van der Waals surface area contributed by atoms with Crippen molar-refractivity contribution in [1.82, 2.24) is 4.98 Å². The van der Waals surface area contributed by atoms with Crippen LogP contribution < -0.4 is 10.5 Å². The van der Waals surface area contributed by atoms with E-state index < -0.39 is 5.91 Å². The van der Waals surface area contributed by atoms with Crippen LogP contribution in [0.4, 0.5) is 0 Å². The number of hydrogen-bond acceptors (Lipinski definition) is 3. The first kappa shape index (κ1) is 14.4. The van der Waals surface area contributed by atoms with Crippen LogP contribution in [0, 0.1) is 0 Å². The summed E-state index contributed by atoms with van der Waals surface area (Å²) in [7, 11) is 1.51. The molecule has 0 radical (unpaired) electrons. The highest BCUT2D eigenvalue weighted by atomic mass is 16.5. The minimum atomic E-state index is -0.534. The van der Waals surface area contributed by atoms with Crippen LogP contribution in [0.1, 0.15) is 43.2 Å². The highest BCUT2D eigenvalue weighted by Gasteiger charge is 2.06. The molecular formula is C12H20N2O2. The second kappa shape index (κ2) is 7.68. The van der Waals surface area contributed by atoms with Crippen LogP contribution in [0.5, 0.6) is 5.88 Å². The smallest absolute Gasteiger partial charge is 0.267 e. The summed E-state index contributed by atoms with van der Waals surface area (Å²) in [6.45, 7) is 6.24. The zero-order valence-corrected chi connectivity index (χ0v) is 10.4. The van der Waals surface area contributed by atoms with Gasteiger partial charge in [-0.05, 0) is 18.1 Å². The molecule has 4 nitrogen and oxygen atoms in total. The molecule has 0 aliphatic rings. The third kappa shape index (κ3) is 4.77. The number of primary amides is 1. The molecule has 0 atom stereocenters. The summed E-state index contributed by atoms with van der Waals surface area (Å²) in [5, 5.41) is 0. The molecule has 16 heavy (non-hydrogen) atoms. The molecule has 1 amide bonds. The van der Waals surface area contributed by atoms with E-state index in [9.17, 15) is 4.79 Å². The molecular weight excluding hydrogens is 204 g/mol. The first-order valence-corrected chi connectivity index (χ1v) is 5.43. The molecule has 1 aromatic rings. The average Bonchev–Trinajstić information content (AvgIpc) is 2.29. The Kier molecular flexibility index (Phi) is 6.92. The normalized spacial score (nSPS) is 9.00. The van der Waals surface area contributed by atoms with Crippen molar-refractivity contribution >= 4 is 5.91 Å². The van der Waals surface area contributed by atoms with Crippen molar-refractivity contribution in [1.29, 1.82) is 0 Å². The fourth-order valence-corrected chi connectivity index (χ4v) is 0.994. The first-order valence-electron chi connectivity index (χ1n) is 5.43. The van der Waals surface area contributed by atoms with Crippen LogP contribution in [-0.2, 0) is 6.42 Å². The van der Waals surface area contributed by atoms with Crippen LogP contribution in [0.25, 0.3) is 0 Å². The number of aromatic nitrogens is 1. The van der Waals surface area contributed by atoms with Crippen molar-refractivity contribution in [3.63, 3.8) is 0 Å². The summed E-state index contributed by atoms with van der Waals surface area (Å²) in [4.78, 5) is 14.7. The molecule has 0 bridgehead atoms. The number of methoxy groups -OCH3 is 1. The minimum absolute atomic E-state index is 0.246. The fourth-order valence-electron chi connectivity index (χ4n) is 0.994. The van der Waals surface area contributed by atoms with Crippen LogP contribution >= 0.6 is 0 Å². The van der Waals surface area contributed by atoms with Gasteiger partial charge in [0.2, 0.25) is 5.88 Å². The van der Waals surface area contributed by atoms with Gasteiger partial charge in [0.05, 0.1) is 7.11 Å². The van der Waals surface area contributed by atoms with E-state index in [2.05, 4.69) is 18.8 Å². The number of hydrogen-bond donors (Lipinski definition) is 1. The summed E-state index contributed by atoms with van der Waals surface area (Å²) in [5.41, 5.74) is 6.34. The number of carbonyl (C=O) groups excluding carboxylic acids is 1. The van der Waals surface area contributed by atoms with E-state index in [0.29, 0.717) is 5.88 Å². The second-order valence-corrected chi connectivity index (χ2v) is 3.33. The number of nitrogens with zero attached hydrogens (tertiary/aromatic N) is 1. The molecule has 0 saturated carbocycles. The van der Waals surface area contributed by atoms with E-state index in [1.54, 1.807) is 12.1 Å². The Morgan fingerprint density at radius 3 is 2.31 bits per heavy atom. The summed E-state index contributed by atoms with van der Waals surface area (Å²) in [6.07, 6.45) is 2.07. The van der Waals surface area contributed by atoms with Crippen LogP contribution in [0.15, 0.2) is 12.1 Å². The predicted molar refractivity (Wildman–Crippen MR) is 64.6 cm³/mol. The van der Waals surface area contributed by atoms with E-state index >= 15 is 0 Å². The Hall–Kier alpha value is -1.58. The van der Waals surface area contributed by atoms with Gasteiger partial charge in [-0.15, -0.1) is 0 Å². The molecule has 1 rings (SSSR count). The zero-order valence-electron chi connectivity index (χ0n) is 10.4. The average molecular weight is 224 g/mol.